The summed E-state index contributed by atoms with van der Waals surface area (Å²) in [7, 11) is 4.70. The Hall–Kier alpha value is -1.70. The maximum Gasteiger partial charge on any atom is 0.223 e. The molecule has 28 heavy (non-hydrogen) atoms. The average Bonchev–Trinajstić information content (AvgIpc) is 2.70. The number of rotatable bonds is 9. The van der Waals surface area contributed by atoms with E-state index in [1.807, 2.05) is 12.1 Å². The van der Waals surface area contributed by atoms with Gasteiger partial charge in [-0.3, -0.25) is 4.79 Å². The third kappa shape index (κ3) is 6.15. The highest BCUT2D eigenvalue weighted by molar-refractivity contribution is 5.85. The normalized spacial score (nSPS) is 21.4. The summed E-state index contributed by atoms with van der Waals surface area (Å²) in [5.41, 5.74) is 7.02. The molecule has 0 bridgehead atoms. The molecule has 0 aromatic heterocycles. The molecule has 0 unspecified atom stereocenters. The number of methoxy groups -OCH3 is 3. The van der Waals surface area contributed by atoms with E-state index in [1.165, 1.54) is 0 Å². The summed E-state index contributed by atoms with van der Waals surface area (Å²) < 4.78 is 21.9. The molecule has 0 spiro atoms. The zero-order chi connectivity index (χ0) is 19.8. The van der Waals surface area contributed by atoms with Crippen LogP contribution in [0.15, 0.2) is 12.1 Å². The van der Waals surface area contributed by atoms with E-state index in [0.717, 1.165) is 24.8 Å². The van der Waals surface area contributed by atoms with Crippen LogP contribution >= 0.6 is 12.4 Å². The van der Waals surface area contributed by atoms with Crippen molar-refractivity contribution in [3.05, 3.63) is 17.7 Å². The summed E-state index contributed by atoms with van der Waals surface area (Å²) in [5, 5.41) is 3.01. The number of carbonyl (C=O) groups is 1. The van der Waals surface area contributed by atoms with Crippen molar-refractivity contribution in [3.8, 4) is 17.2 Å². The molecule has 1 fully saturated rings. The molecule has 0 heterocycles. The van der Waals surface area contributed by atoms with Crippen LogP contribution in [0.5, 0.6) is 17.2 Å². The Kier molecular flexibility index (Phi) is 10.4. The standard InChI is InChI=1S/C20H32N2O5.ClH/c1-5-8-27-16-11-14(6-7-15(16)21)20(23)22-12-13-9-17(24-2)19(26-4)18(10-13)25-3;/h9-10,14-16H,5-8,11-12,21H2,1-4H3,(H,22,23);1H/t14-,15+,16+;/m0./s1. The van der Waals surface area contributed by atoms with Gasteiger partial charge in [0.2, 0.25) is 11.7 Å². The van der Waals surface area contributed by atoms with Gasteiger partial charge in [0.1, 0.15) is 0 Å². The van der Waals surface area contributed by atoms with Gasteiger partial charge in [0.15, 0.2) is 11.5 Å². The zero-order valence-electron chi connectivity index (χ0n) is 17.2. The lowest BCUT2D eigenvalue weighted by molar-refractivity contribution is -0.128. The van der Waals surface area contributed by atoms with E-state index in [-0.39, 0.29) is 36.4 Å². The molecule has 8 heteroatoms. The number of nitrogens with one attached hydrogen (secondary N) is 1. The van der Waals surface area contributed by atoms with Crippen molar-refractivity contribution in [1.29, 1.82) is 0 Å². The number of hydrogen-bond acceptors (Lipinski definition) is 6. The first-order chi connectivity index (χ1) is 13.0. The van der Waals surface area contributed by atoms with Crippen molar-refractivity contribution in [2.45, 2.75) is 51.3 Å². The number of amides is 1. The number of halogens is 1. The van der Waals surface area contributed by atoms with Gasteiger partial charge >= 0.3 is 0 Å². The van der Waals surface area contributed by atoms with Gasteiger partial charge in [-0.2, -0.15) is 0 Å². The van der Waals surface area contributed by atoms with Crippen molar-refractivity contribution >= 4 is 18.3 Å². The highest BCUT2D eigenvalue weighted by Crippen LogP contribution is 2.38. The second-order valence-corrected chi connectivity index (χ2v) is 6.83. The third-order valence-electron chi connectivity index (χ3n) is 4.94. The van der Waals surface area contributed by atoms with Crippen molar-refractivity contribution in [1.82, 2.24) is 5.32 Å². The van der Waals surface area contributed by atoms with E-state index in [1.54, 1.807) is 21.3 Å². The summed E-state index contributed by atoms with van der Waals surface area (Å²) >= 11 is 0. The van der Waals surface area contributed by atoms with E-state index in [0.29, 0.717) is 36.8 Å². The van der Waals surface area contributed by atoms with Crippen molar-refractivity contribution < 1.29 is 23.7 Å². The lowest BCUT2D eigenvalue weighted by Gasteiger charge is -2.33. The number of carbonyl (C=O) groups excluding carboxylic acids is 1. The lowest BCUT2D eigenvalue weighted by Crippen LogP contribution is -2.45. The predicted octanol–water partition coefficient (Wildman–Crippen LogP) is 2.67. The van der Waals surface area contributed by atoms with Crippen LogP contribution in [0.1, 0.15) is 38.2 Å². The number of benzene rings is 1. The first-order valence-corrected chi connectivity index (χ1v) is 9.47. The fraction of sp³-hybridized carbons (Fsp3) is 0.650. The van der Waals surface area contributed by atoms with Crippen LogP contribution in [0.25, 0.3) is 0 Å². The Bertz CT molecular complexity index is 604. The molecular formula is C20H33ClN2O5. The van der Waals surface area contributed by atoms with Crippen LogP contribution in [0.3, 0.4) is 0 Å². The Morgan fingerprint density at radius 1 is 1.14 bits per heavy atom. The summed E-state index contributed by atoms with van der Waals surface area (Å²) in [4.78, 5) is 12.6. The summed E-state index contributed by atoms with van der Waals surface area (Å²) in [5.74, 6) is 1.62. The molecule has 0 radical (unpaired) electrons. The molecule has 0 aliphatic heterocycles. The maximum absolute atomic E-state index is 12.6. The molecule has 1 aliphatic rings. The van der Waals surface area contributed by atoms with Gasteiger partial charge in [0, 0.05) is 25.1 Å². The van der Waals surface area contributed by atoms with Crippen molar-refractivity contribution in [3.63, 3.8) is 0 Å². The summed E-state index contributed by atoms with van der Waals surface area (Å²) in [6.07, 6.45) is 3.16. The Morgan fingerprint density at radius 2 is 1.79 bits per heavy atom. The fourth-order valence-corrected chi connectivity index (χ4v) is 3.42. The molecule has 3 N–H and O–H groups in total. The minimum Gasteiger partial charge on any atom is -0.493 e. The molecule has 1 saturated carbocycles. The van der Waals surface area contributed by atoms with Crippen LogP contribution < -0.4 is 25.3 Å². The van der Waals surface area contributed by atoms with Gasteiger partial charge < -0.3 is 30.0 Å². The molecular weight excluding hydrogens is 384 g/mol. The monoisotopic (exact) mass is 416 g/mol. The predicted molar refractivity (Wildman–Crippen MR) is 111 cm³/mol. The van der Waals surface area contributed by atoms with Crippen LogP contribution in [-0.2, 0) is 16.1 Å². The molecule has 3 atom stereocenters. The SMILES string of the molecule is CCCO[C@@H]1C[C@@H](C(=O)NCc2cc(OC)c(OC)c(OC)c2)CC[C@H]1N.Cl. The second-order valence-electron chi connectivity index (χ2n) is 6.83. The van der Waals surface area contributed by atoms with Gasteiger partial charge in [-0.15, -0.1) is 12.4 Å². The van der Waals surface area contributed by atoms with Crippen molar-refractivity contribution in [2.24, 2.45) is 11.7 Å². The van der Waals surface area contributed by atoms with Crippen LogP contribution in [0.4, 0.5) is 0 Å². The van der Waals surface area contributed by atoms with Gasteiger partial charge in [0.25, 0.3) is 0 Å². The Labute approximate surface area is 173 Å². The average molecular weight is 417 g/mol. The summed E-state index contributed by atoms with van der Waals surface area (Å²) in [6.45, 7) is 3.13. The topological polar surface area (TPSA) is 92.0 Å². The highest BCUT2D eigenvalue weighted by atomic mass is 35.5. The van der Waals surface area contributed by atoms with E-state index >= 15 is 0 Å². The molecule has 1 aromatic carbocycles. The fourth-order valence-electron chi connectivity index (χ4n) is 3.42. The largest absolute Gasteiger partial charge is 0.493 e. The van der Waals surface area contributed by atoms with Gasteiger partial charge in [-0.1, -0.05) is 6.92 Å². The number of hydrogen-bond donors (Lipinski definition) is 2. The Morgan fingerprint density at radius 3 is 2.32 bits per heavy atom. The van der Waals surface area contributed by atoms with Crippen LogP contribution in [-0.4, -0.2) is 46.0 Å². The quantitative estimate of drug-likeness (QED) is 0.643. The first-order valence-electron chi connectivity index (χ1n) is 9.47. The van der Waals surface area contributed by atoms with E-state index in [9.17, 15) is 4.79 Å². The third-order valence-corrected chi connectivity index (χ3v) is 4.94. The van der Waals surface area contributed by atoms with Crippen molar-refractivity contribution in [2.75, 3.05) is 27.9 Å². The minimum atomic E-state index is -0.0753. The number of nitrogens with two attached hydrogens (primary N) is 1. The smallest absolute Gasteiger partial charge is 0.223 e. The molecule has 1 aromatic rings. The van der Waals surface area contributed by atoms with Gasteiger partial charge in [-0.05, 0) is 43.4 Å². The van der Waals surface area contributed by atoms with Gasteiger partial charge in [0.05, 0.1) is 27.4 Å². The van der Waals surface area contributed by atoms with E-state index in [4.69, 9.17) is 24.7 Å². The molecule has 1 amide bonds. The zero-order valence-corrected chi connectivity index (χ0v) is 18.0. The van der Waals surface area contributed by atoms with Crippen LogP contribution in [0.2, 0.25) is 0 Å². The molecule has 1 aliphatic carbocycles. The Balaban J connectivity index is 0.00000392. The van der Waals surface area contributed by atoms with E-state index in [2.05, 4.69) is 12.2 Å². The minimum absolute atomic E-state index is 0. The number of ether oxygens (including phenoxy) is 4. The maximum atomic E-state index is 12.6. The lowest BCUT2D eigenvalue weighted by atomic mass is 9.83. The summed E-state index contributed by atoms with van der Waals surface area (Å²) in [6, 6.07) is 3.69. The molecule has 160 valence electrons. The molecule has 0 saturated heterocycles. The second kappa shape index (κ2) is 12.0. The molecule has 2 rings (SSSR count). The molecule has 7 nitrogen and oxygen atoms in total. The van der Waals surface area contributed by atoms with E-state index < -0.39 is 0 Å². The first kappa shape index (κ1) is 24.3. The highest BCUT2D eigenvalue weighted by Gasteiger charge is 2.32. The van der Waals surface area contributed by atoms with Crippen LogP contribution in [0, 0.1) is 5.92 Å². The van der Waals surface area contributed by atoms with Gasteiger partial charge in [-0.25, -0.2) is 0 Å².